The molecule has 2 aromatic rings. The largest absolute Gasteiger partial charge is 0.411 e. The van der Waals surface area contributed by atoms with Crippen LogP contribution in [0.4, 0.5) is 13.2 Å². The highest BCUT2D eigenvalue weighted by atomic mass is 32.1. The number of nitrogens with one attached hydrogen (secondary N) is 1. The third-order valence-corrected chi connectivity index (χ3v) is 3.97. The molecule has 0 aliphatic heterocycles. The highest BCUT2D eigenvalue weighted by Crippen LogP contribution is 2.16. The average molecular weight is 343 g/mol. The molecule has 7 heteroatoms. The molecule has 0 atom stereocenters. The first-order chi connectivity index (χ1) is 10.8. The van der Waals surface area contributed by atoms with Crippen LogP contribution in [0.5, 0.6) is 0 Å². The number of halogens is 3. The molecule has 1 aromatic heterocycles. The van der Waals surface area contributed by atoms with E-state index in [1.54, 1.807) is 30.3 Å². The number of hydrogen-bond donors (Lipinski definition) is 1. The van der Waals surface area contributed by atoms with Gasteiger partial charge in [-0.3, -0.25) is 4.79 Å². The lowest BCUT2D eigenvalue weighted by atomic mass is 10.1. The van der Waals surface area contributed by atoms with Crippen LogP contribution >= 0.6 is 11.3 Å². The van der Waals surface area contributed by atoms with E-state index in [1.165, 1.54) is 11.3 Å². The fraction of sp³-hybridized carbons (Fsp3) is 0.312. The molecule has 0 bridgehead atoms. The SMILES string of the molecule is Cc1ccc(C(=O)NCc2ccc(COCC(F)(F)F)cc2)s1. The molecule has 0 aliphatic carbocycles. The Kier molecular flexibility index (Phi) is 5.79. The summed E-state index contributed by atoms with van der Waals surface area (Å²) in [5.41, 5.74) is 1.52. The van der Waals surface area contributed by atoms with Crippen molar-refractivity contribution < 1.29 is 22.7 Å². The molecule has 0 saturated heterocycles. The molecule has 1 heterocycles. The standard InChI is InChI=1S/C16H16F3NO2S/c1-11-2-7-14(23-11)15(21)20-8-12-3-5-13(6-4-12)9-22-10-16(17,18)19/h2-7H,8-10H2,1H3,(H,20,21). The van der Waals surface area contributed by atoms with Crippen molar-refractivity contribution in [2.75, 3.05) is 6.61 Å². The predicted molar refractivity (Wildman–Crippen MR) is 82.4 cm³/mol. The predicted octanol–water partition coefficient (Wildman–Crippen LogP) is 4.07. The molecule has 0 saturated carbocycles. The summed E-state index contributed by atoms with van der Waals surface area (Å²) in [6.45, 7) is 0.937. The Bertz CT molecular complexity index is 650. The maximum atomic E-state index is 12.0. The van der Waals surface area contributed by atoms with Crippen molar-refractivity contribution in [1.29, 1.82) is 0 Å². The van der Waals surface area contributed by atoms with E-state index in [-0.39, 0.29) is 12.5 Å². The number of thiophene rings is 1. The van der Waals surface area contributed by atoms with Gasteiger partial charge >= 0.3 is 6.18 Å². The van der Waals surface area contributed by atoms with Gasteiger partial charge in [0.25, 0.3) is 5.91 Å². The van der Waals surface area contributed by atoms with Gasteiger partial charge in [0.05, 0.1) is 11.5 Å². The number of ether oxygens (including phenoxy) is 1. The highest BCUT2D eigenvalue weighted by Gasteiger charge is 2.27. The minimum absolute atomic E-state index is 0.0966. The van der Waals surface area contributed by atoms with Crippen LogP contribution in [0.1, 0.15) is 25.7 Å². The van der Waals surface area contributed by atoms with Gasteiger partial charge in [-0.2, -0.15) is 13.2 Å². The first-order valence-electron chi connectivity index (χ1n) is 6.90. The lowest BCUT2D eigenvalue weighted by Crippen LogP contribution is -2.21. The molecule has 0 radical (unpaired) electrons. The van der Waals surface area contributed by atoms with Crippen LogP contribution < -0.4 is 5.32 Å². The number of rotatable bonds is 6. The number of carbonyl (C=O) groups excluding carboxylic acids is 1. The van der Waals surface area contributed by atoms with Gasteiger partial charge in [0.1, 0.15) is 6.61 Å². The van der Waals surface area contributed by atoms with Crippen molar-refractivity contribution in [2.24, 2.45) is 0 Å². The number of alkyl halides is 3. The Balaban J connectivity index is 1.79. The zero-order valence-electron chi connectivity index (χ0n) is 12.4. The van der Waals surface area contributed by atoms with Crippen molar-refractivity contribution in [3.63, 3.8) is 0 Å². The van der Waals surface area contributed by atoms with E-state index < -0.39 is 12.8 Å². The van der Waals surface area contributed by atoms with Crippen molar-refractivity contribution in [3.05, 3.63) is 57.3 Å². The van der Waals surface area contributed by atoms with Crippen LogP contribution in [-0.4, -0.2) is 18.7 Å². The van der Waals surface area contributed by atoms with Crippen molar-refractivity contribution in [2.45, 2.75) is 26.3 Å². The zero-order chi connectivity index (χ0) is 16.9. The number of carbonyl (C=O) groups is 1. The average Bonchev–Trinajstić information content (AvgIpc) is 2.91. The fourth-order valence-electron chi connectivity index (χ4n) is 1.86. The second kappa shape index (κ2) is 7.61. The van der Waals surface area contributed by atoms with Crippen molar-refractivity contribution >= 4 is 17.2 Å². The van der Waals surface area contributed by atoms with E-state index in [0.29, 0.717) is 17.0 Å². The van der Waals surface area contributed by atoms with Gasteiger partial charge in [-0.1, -0.05) is 24.3 Å². The lowest BCUT2D eigenvalue weighted by molar-refractivity contribution is -0.176. The maximum Gasteiger partial charge on any atom is 0.411 e. The molecule has 23 heavy (non-hydrogen) atoms. The molecular formula is C16H16F3NO2S. The summed E-state index contributed by atoms with van der Waals surface area (Å²) in [5.74, 6) is -0.138. The minimum Gasteiger partial charge on any atom is -0.367 e. The third-order valence-electron chi connectivity index (χ3n) is 2.97. The summed E-state index contributed by atoms with van der Waals surface area (Å²) in [6.07, 6.45) is -4.32. The number of benzene rings is 1. The van der Waals surface area contributed by atoms with E-state index in [1.807, 2.05) is 13.0 Å². The molecule has 0 spiro atoms. The summed E-state index contributed by atoms with van der Waals surface area (Å²) >= 11 is 1.42. The highest BCUT2D eigenvalue weighted by molar-refractivity contribution is 7.13. The third kappa shape index (κ3) is 6.03. The summed E-state index contributed by atoms with van der Waals surface area (Å²) < 4.78 is 40.5. The van der Waals surface area contributed by atoms with E-state index in [9.17, 15) is 18.0 Å². The van der Waals surface area contributed by atoms with Crippen LogP contribution in [0, 0.1) is 6.92 Å². The Labute approximate surface area is 136 Å². The van der Waals surface area contributed by atoms with Gasteiger partial charge in [0.15, 0.2) is 0 Å². The van der Waals surface area contributed by atoms with E-state index in [4.69, 9.17) is 0 Å². The summed E-state index contributed by atoms with van der Waals surface area (Å²) in [7, 11) is 0. The van der Waals surface area contributed by atoms with Crippen molar-refractivity contribution in [1.82, 2.24) is 5.32 Å². The van der Waals surface area contributed by atoms with E-state index in [0.717, 1.165) is 10.4 Å². The molecule has 0 unspecified atom stereocenters. The quantitative estimate of drug-likeness (QED) is 0.859. The second-order valence-corrected chi connectivity index (χ2v) is 6.31. The first-order valence-corrected chi connectivity index (χ1v) is 7.72. The Morgan fingerprint density at radius 1 is 1.13 bits per heavy atom. The maximum absolute atomic E-state index is 12.0. The number of amides is 1. The summed E-state index contributed by atoms with van der Waals surface area (Å²) in [5, 5.41) is 2.80. The zero-order valence-corrected chi connectivity index (χ0v) is 13.3. The molecule has 124 valence electrons. The van der Waals surface area contributed by atoms with E-state index >= 15 is 0 Å². The minimum atomic E-state index is -4.32. The lowest BCUT2D eigenvalue weighted by Gasteiger charge is -2.08. The molecule has 3 nitrogen and oxygen atoms in total. The molecule has 0 aliphatic rings. The molecular weight excluding hydrogens is 327 g/mol. The van der Waals surface area contributed by atoms with Crippen LogP contribution in [0.3, 0.4) is 0 Å². The topological polar surface area (TPSA) is 38.3 Å². The van der Waals surface area contributed by atoms with Crippen molar-refractivity contribution in [3.8, 4) is 0 Å². The first kappa shape index (κ1) is 17.5. The number of hydrogen-bond acceptors (Lipinski definition) is 3. The fourth-order valence-corrected chi connectivity index (χ4v) is 2.65. The van der Waals surface area contributed by atoms with Crippen LogP contribution in [-0.2, 0) is 17.9 Å². The van der Waals surface area contributed by atoms with Gasteiger partial charge in [0.2, 0.25) is 0 Å². The van der Waals surface area contributed by atoms with Crippen LogP contribution in [0.25, 0.3) is 0 Å². The monoisotopic (exact) mass is 343 g/mol. The summed E-state index contributed by atoms with van der Waals surface area (Å²) in [6, 6.07) is 10.5. The van der Waals surface area contributed by atoms with E-state index in [2.05, 4.69) is 10.1 Å². The Morgan fingerprint density at radius 3 is 2.35 bits per heavy atom. The Hall–Kier alpha value is -1.86. The molecule has 1 aromatic carbocycles. The van der Waals surface area contributed by atoms with Gasteiger partial charge in [-0.25, -0.2) is 0 Å². The molecule has 1 N–H and O–H groups in total. The Morgan fingerprint density at radius 2 is 1.78 bits per heavy atom. The molecule has 1 amide bonds. The smallest absolute Gasteiger partial charge is 0.367 e. The van der Waals surface area contributed by atoms with Crippen LogP contribution in [0.2, 0.25) is 0 Å². The van der Waals surface area contributed by atoms with Gasteiger partial charge in [0, 0.05) is 11.4 Å². The summed E-state index contributed by atoms with van der Waals surface area (Å²) in [4.78, 5) is 13.6. The second-order valence-electron chi connectivity index (χ2n) is 5.02. The van der Waals surface area contributed by atoms with Gasteiger partial charge in [-0.15, -0.1) is 11.3 Å². The van der Waals surface area contributed by atoms with Gasteiger partial charge < -0.3 is 10.1 Å². The normalized spacial score (nSPS) is 11.5. The van der Waals surface area contributed by atoms with Gasteiger partial charge in [-0.05, 0) is 30.2 Å². The molecule has 0 fully saturated rings. The number of aryl methyl sites for hydroxylation is 1. The molecule has 2 rings (SSSR count). The van der Waals surface area contributed by atoms with Crippen LogP contribution in [0.15, 0.2) is 36.4 Å².